The Morgan fingerprint density at radius 1 is 1.20 bits per heavy atom. The first-order valence-corrected chi connectivity index (χ1v) is 11.8. The van der Waals surface area contributed by atoms with Crippen molar-refractivity contribution in [2.24, 2.45) is 5.92 Å². The zero-order valence-corrected chi connectivity index (χ0v) is 18.7. The third kappa shape index (κ3) is 3.71. The van der Waals surface area contributed by atoms with Gasteiger partial charge in [-0.1, -0.05) is 38.5 Å². The zero-order chi connectivity index (χ0) is 21.4. The van der Waals surface area contributed by atoms with Gasteiger partial charge in [-0.25, -0.2) is 0 Å². The van der Waals surface area contributed by atoms with Gasteiger partial charge in [0.05, 0.1) is 0 Å². The summed E-state index contributed by atoms with van der Waals surface area (Å²) in [7, 11) is 2.05. The maximum absolute atomic E-state index is 13.3. The molecule has 2 saturated heterocycles. The number of hydrogen-bond donors (Lipinski definition) is 1. The lowest BCUT2D eigenvalue weighted by molar-refractivity contribution is -0.140. The molecule has 7 nitrogen and oxygen atoms in total. The van der Waals surface area contributed by atoms with Gasteiger partial charge in [-0.05, 0) is 24.6 Å². The van der Waals surface area contributed by atoms with E-state index in [1.165, 1.54) is 0 Å². The highest BCUT2D eigenvalue weighted by atomic mass is 32.2. The minimum atomic E-state index is -0.560. The number of carbonyl (C=O) groups is 3. The van der Waals surface area contributed by atoms with E-state index in [2.05, 4.69) is 17.3 Å². The van der Waals surface area contributed by atoms with Crippen molar-refractivity contribution < 1.29 is 14.4 Å². The van der Waals surface area contributed by atoms with Gasteiger partial charge in [0.2, 0.25) is 11.8 Å². The Balaban J connectivity index is 1.48. The minimum absolute atomic E-state index is 0.0102. The van der Waals surface area contributed by atoms with E-state index in [0.29, 0.717) is 24.4 Å². The summed E-state index contributed by atoms with van der Waals surface area (Å²) < 4.78 is 0. The van der Waals surface area contributed by atoms with E-state index in [0.717, 1.165) is 25.1 Å². The number of amides is 3. The summed E-state index contributed by atoms with van der Waals surface area (Å²) in [5.41, 5.74) is 1.66. The van der Waals surface area contributed by atoms with Crippen molar-refractivity contribution in [1.82, 2.24) is 20.0 Å². The monoisotopic (exact) mass is 430 g/mol. The fourth-order valence-electron chi connectivity index (χ4n) is 4.40. The summed E-state index contributed by atoms with van der Waals surface area (Å²) in [6.45, 7) is 7.08. The number of likely N-dealkylation sites (N-methyl/N-ethyl adjacent to an activating group) is 1. The van der Waals surface area contributed by atoms with Crippen molar-refractivity contribution in [3.05, 3.63) is 35.4 Å². The van der Waals surface area contributed by atoms with Gasteiger partial charge in [-0.15, -0.1) is 11.8 Å². The topological polar surface area (TPSA) is 73.0 Å². The Morgan fingerprint density at radius 3 is 2.60 bits per heavy atom. The summed E-state index contributed by atoms with van der Waals surface area (Å²) >= 11 is 1.62. The average Bonchev–Trinajstić information content (AvgIpc) is 3.32. The van der Waals surface area contributed by atoms with E-state index in [4.69, 9.17) is 0 Å². The Kier molecular flexibility index (Phi) is 6.06. The van der Waals surface area contributed by atoms with Crippen molar-refractivity contribution >= 4 is 29.5 Å². The lowest BCUT2D eigenvalue weighted by atomic mass is 9.97. The quantitative estimate of drug-likeness (QED) is 0.768. The lowest BCUT2D eigenvalue weighted by Crippen LogP contribution is -2.58. The molecule has 3 heterocycles. The molecule has 1 aromatic carbocycles. The van der Waals surface area contributed by atoms with Crippen LogP contribution in [-0.2, 0) is 9.59 Å². The second kappa shape index (κ2) is 8.59. The van der Waals surface area contributed by atoms with E-state index in [9.17, 15) is 14.4 Å². The molecule has 4 rings (SSSR count). The van der Waals surface area contributed by atoms with Gasteiger partial charge < -0.3 is 20.0 Å². The molecule has 0 aliphatic carbocycles. The van der Waals surface area contributed by atoms with Gasteiger partial charge in [-0.3, -0.25) is 14.4 Å². The molecule has 0 radical (unpaired) electrons. The van der Waals surface area contributed by atoms with Crippen LogP contribution in [0.5, 0.6) is 0 Å². The summed E-state index contributed by atoms with van der Waals surface area (Å²) in [4.78, 5) is 45.2. The first-order chi connectivity index (χ1) is 14.4. The molecular weight excluding hydrogens is 400 g/mol. The first kappa shape index (κ1) is 21.2. The van der Waals surface area contributed by atoms with Crippen molar-refractivity contribution in [3.8, 4) is 0 Å². The average molecular weight is 431 g/mol. The third-order valence-corrected chi connectivity index (χ3v) is 7.89. The van der Waals surface area contributed by atoms with Crippen LogP contribution in [0.3, 0.4) is 0 Å². The van der Waals surface area contributed by atoms with Crippen LogP contribution in [0.25, 0.3) is 0 Å². The van der Waals surface area contributed by atoms with E-state index in [1.807, 2.05) is 43.0 Å². The Labute approximate surface area is 182 Å². The second-order valence-corrected chi connectivity index (χ2v) is 9.61. The molecule has 3 aliphatic heterocycles. The SMILES string of the molecule is CCC(C)C(NC(=O)C1CSC2c3ccccc3C(=O)N12)C(=O)N1CCN(C)CC1. The molecule has 30 heavy (non-hydrogen) atoms. The predicted molar refractivity (Wildman–Crippen MR) is 117 cm³/mol. The number of thioether (sulfide) groups is 1. The lowest BCUT2D eigenvalue weighted by Gasteiger charge is -2.36. The normalized spacial score (nSPS) is 25.6. The van der Waals surface area contributed by atoms with Crippen LogP contribution in [0.1, 0.15) is 41.6 Å². The molecule has 0 aromatic heterocycles. The first-order valence-electron chi connectivity index (χ1n) is 10.7. The molecule has 1 aromatic rings. The maximum atomic E-state index is 13.3. The molecule has 162 valence electrons. The van der Waals surface area contributed by atoms with Gasteiger partial charge >= 0.3 is 0 Å². The van der Waals surface area contributed by atoms with Crippen molar-refractivity contribution in [1.29, 1.82) is 0 Å². The van der Waals surface area contributed by atoms with E-state index in [-0.39, 0.29) is 29.0 Å². The Hall–Kier alpha value is -2.06. The fraction of sp³-hybridized carbons (Fsp3) is 0.591. The van der Waals surface area contributed by atoms with Crippen LogP contribution in [0.4, 0.5) is 0 Å². The minimum Gasteiger partial charge on any atom is -0.342 e. The van der Waals surface area contributed by atoms with Crippen LogP contribution < -0.4 is 5.32 Å². The summed E-state index contributed by atoms with van der Waals surface area (Å²) in [6, 6.07) is 6.46. The Morgan fingerprint density at radius 2 is 1.90 bits per heavy atom. The summed E-state index contributed by atoms with van der Waals surface area (Å²) in [6.07, 6.45) is 0.792. The van der Waals surface area contributed by atoms with Crippen LogP contribution >= 0.6 is 11.8 Å². The molecule has 1 N–H and O–H groups in total. The largest absolute Gasteiger partial charge is 0.342 e. The predicted octanol–water partition coefficient (Wildman–Crippen LogP) is 1.56. The standard InChI is InChI=1S/C22H30N4O3S/c1-4-14(2)18(21(29)25-11-9-24(3)10-12-25)23-19(27)17-13-30-22-16-8-6-5-7-15(16)20(28)26(17)22/h5-8,14,17-18,22H,4,9-13H2,1-3H3,(H,23,27). The summed E-state index contributed by atoms with van der Waals surface area (Å²) in [5.74, 6) is 0.249. The molecular formula is C22H30N4O3S. The number of fused-ring (bicyclic) bond motifs is 3. The molecule has 0 spiro atoms. The summed E-state index contributed by atoms with van der Waals surface area (Å²) in [5, 5.41) is 2.92. The second-order valence-electron chi connectivity index (χ2n) is 8.50. The van der Waals surface area contributed by atoms with Crippen molar-refractivity contribution in [2.45, 2.75) is 37.7 Å². The number of nitrogens with zero attached hydrogens (tertiary/aromatic N) is 3. The highest BCUT2D eigenvalue weighted by Crippen LogP contribution is 2.48. The van der Waals surface area contributed by atoms with E-state index < -0.39 is 12.1 Å². The highest BCUT2D eigenvalue weighted by Gasteiger charge is 2.49. The van der Waals surface area contributed by atoms with Gasteiger partial charge in [0.25, 0.3) is 5.91 Å². The van der Waals surface area contributed by atoms with Crippen molar-refractivity contribution in [2.75, 3.05) is 39.0 Å². The number of benzene rings is 1. The van der Waals surface area contributed by atoms with Crippen LogP contribution in [-0.4, -0.2) is 83.5 Å². The zero-order valence-electron chi connectivity index (χ0n) is 17.8. The maximum Gasteiger partial charge on any atom is 0.256 e. The van der Waals surface area contributed by atoms with E-state index >= 15 is 0 Å². The van der Waals surface area contributed by atoms with Crippen LogP contribution in [0.15, 0.2) is 24.3 Å². The number of piperazine rings is 1. The number of rotatable bonds is 5. The highest BCUT2D eigenvalue weighted by molar-refractivity contribution is 7.99. The third-order valence-electron chi connectivity index (χ3n) is 6.59. The van der Waals surface area contributed by atoms with Gasteiger partial charge in [0, 0.05) is 37.5 Å². The number of hydrogen-bond acceptors (Lipinski definition) is 5. The Bertz CT molecular complexity index is 839. The van der Waals surface area contributed by atoms with Gasteiger partial charge in [0.15, 0.2) is 0 Å². The molecule has 8 heteroatoms. The van der Waals surface area contributed by atoms with Crippen LogP contribution in [0.2, 0.25) is 0 Å². The smallest absolute Gasteiger partial charge is 0.256 e. The fourth-order valence-corrected chi connectivity index (χ4v) is 5.86. The molecule has 4 unspecified atom stereocenters. The molecule has 2 fully saturated rings. The van der Waals surface area contributed by atoms with Crippen LogP contribution in [0, 0.1) is 5.92 Å². The van der Waals surface area contributed by atoms with E-state index in [1.54, 1.807) is 16.7 Å². The molecule has 3 aliphatic rings. The molecule has 0 saturated carbocycles. The van der Waals surface area contributed by atoms with Gasteiger partial charge in [0.1, 0.15) is 17.5 Å². The number of carbonyl (C=O) groups excluding carboxylic acids is 3. The van der Waals surface area contributed by atoms with Crippen molar-refractivity contribution in [3.63, 3.8) is 0 Å². The molecule has 3 amide bonds. The molecule has 4 atom stereocenters. The molecule has 0 bridgehead atoms. The van der Waals surface area contributed by atoms with Gasteiger partial charge in [-0.2, -0.15) is 0 Å². The number of nitrogens with one attached hydrogen (secondary N) is 1.